The lowest BCUT2D eigenvalue weighted by Gasteiger charge is -2.36. The minimum atomic E-state index is -0.0891. The average Bonchev–Trinajstić information content (AvgIpc) is 3.14. The number of aromatic nitrogens is 2. The monoisotopic (exact) mass is 391 g/mol. The van der Waals surface area contributed by atoms with Crippen molar-refractivity contribution < 1.29 is 4.79 Å². The van der Waals surface area contributed by atoms with E-state index in [1.165, 1.54) is 25.7 Å². The first-order chi connectivity index (χ1) is 14.1. The largest absolute Gasteiger partial charge is 0.366 e. The maximum atomic E-state index is 13.3. The van der Waals surface area contributed by atoms with E-state index >= 15 is 0 Å². The zero-order valence-electron chi connectivity index (χ0n) is 17.3. The summed E-state index contributed by atoms with van der Waals surface area (Å²) in [6, 6.07) is 6.33. The maximum absolute atomic E-state index is 13.3. The fourth-order valence-corrected chi connectivity index (χ4v) is 5.21. The Labute approximate surface area is 172 Å². The van der Waals surface area contributed by atoms with Gasteiger partial charge < -0.3 is 10.2 Å². The number of hydrogen-bond donors (Lipinski definition) is 1. The van der Waals surface area contributed by atoms with E-state index < -0.39 is 0 Å². The molecule has 2 unspecified atom stereocenters. The molecule has 2 bridgehead atoms. The van der Waals surface area contributed by atoms with Crippen LogP contribution in [0.1, 0.15) is 56.2 Å². The Morgan fingerprint density at radius 1 is 1.21 bits per heavy atom. The van der Waals surface area contributed by atoms with Crippen LogP contribution in [0.5, 0.6) is 0 Å². The van der Waals surface area contributed by atoms with Gasteiger partial charge in [-0.05, 0) is 55.9 Å². The van der Waals surface area contributed by atoms with Gasteiger partial charge in [0, 0.05) is 42.8 Å². The van der Waals surface area contributed by atoms with Crippen molar-refractivity contribution in [2.45, 2.75) is 57.9 Å². The molecule has 3 atom stereocenters. The van der Waals surface area contributed by atoms with Crippen molar-refractivity contribution >= 4 is 23.2 Å². The molecule has 0 aromatic carbocycles. The Hall–Kier alpha value is -2.63. The normalized spacial score (nSPS) is 25.7. The van der Waals surface area contributed by atoms with Gasteiger partial charge in [0.25, 0.3) is 0 Å². The number of rotatable bonds is 2. The Balaban J connectivity index is 1.48. The van der Waals surface area contributed by atoms with E-state index in [9.17, 15) is 4.79 Å². The smallest absolute Gasteiger partial charge is 0.327 e. The summed E-state index contributed by atoms with van der Waals surface area (Å²) < 4.78 is 0. The number of nitrogens with zero attached hydrogens (tertiary/aromatic N) is 4. The maximum Gasteiger partial charge on any atom is 0.327 e. The Morgan fingerprint density at radius 3 is 2.93 bits per heavy atom. The van der Waals surface area contributed by atoms with Gasteiger partial charge in [0.15, 0.2) is 5.82 Å². The van der Waals surface area contributed by atoms with E-state index in [0.717, 1.165) is 53.9 Å². The molecule has 2 amide bonds. The topological polar surface area (TPSA) is 61.4 Å². The third-order valence-corrected chi connectivity index (χ3v) is 6.81. The molecule has 2 aromatic rings. The van der Waals surface area contributed by atoms with Gasteiger partial charge >= 0.3 is 6.03 Å². The van der Waals surface area contributed by atoms with Crippen LogP contribution in [0.4, 0.5) is 22.0 Å². The van der Waals surface area contributed by atoms with Crippen LogP contribution in [0.2, 0.25) is 0 Å². The van der Waals surface area contributed by atoms with Crippen LogP contribution in [-0.2, 0) is 0 Å². The van der Waals surface area contributed by atoms with Crippen molar-refractivity contribution in [3.05, 3.63) is 41.9 Å². The number of nitrogens with one attached hydrogen (secondary N) is 1. The van der Waals surface area contributed by atoms with Gasteiger partial charge in [0.2, 0.25) is 0 Å². The molecule has 5 rings (SSSR count). The molecule has 1 saturated carbocycles. The average molecular weight is 392 g/mol. The summed E-state index contributed by atoms with van der Waals surface area (Å²) in [5.74, 6) is 2.09. The van der Waals surface area contributed by atoms with Crippen LogP contribution in [0.15, 0.2) is 30.6 Å². The van der Waals surface area contributed by atoms with E-state index in [4.69, 9.17) is 4.98 Å². The molecule has 2 aromatic heterocycles. The van der Waals surface area contributed by atoms with E-state index in [-0.39, 0.29) is 12.1 Å². The first kappa shape index (κ1) is 18.4. The summed E-state index contributed by atoms with van der Waals surface area (Å²) in [6.07, 6.45) is 9.45. The lowest BCUT2D eigenvalue weighted by atomic mass is 9.80. The summed E-state index contributed by atoms with van der Waals surface area (Å²) in [6.45, 7) is 6.17. The summed E-state index contributed by atoms with van der Waals surface area (Å²) in [4.78, 5) is 26.8. The van der Waals surface area contributed by atoms with Crippen LogP contribution >= 0.6 is 0 Å². The molecular formula is C23H29N5O. The minimum absolute atomic E-state index is 0.0891. The third-order valence-electron chi connectivity index (χ3n) is 6.81. The molecule has 1 aliphatic carbocycles. The number of aryl methyl sites for hydroxylation is 1. The lowest BCUT2D eigenvalue weighted by molar-refractivity contribution is 0.254. The molecule has 4 heterocycles. The zero-order valence-corrected chi connectivity index (χ0v) is 17.3. The van der Waals surface area contributed by atoms with Crippen molar-refractivity contribution in [2.24, 2.45) is 5.92 Å². The Morgan fingerprint density at radius 2 is 2.10 bits per heavy atom. The molecule has 152 valence electrons. The van der Waals surface area contributed by atoms with E-state index in [2.05, 4.69) is 34.3 Å². The summed E-state index contributed by atoms with van der Waals surface area (Å²) in [5, 5.41) is 3.10. The van der Waals surface area contributed by atoms with Gasteiger partial charge in [-0.3, -0.25) is 9.88 Å². The highest BCUT2D eigenvalue weighted by molar-refractivity contribution is 6.04. The molecule has 3 aliphatic rings. The van der Waals surface area contributed by atoms with E-state index in [1.807, 2.05) is 17.9 Å². The number of carbonyl (C=O) groups is 1. The third kappa shape index (κ3) is 3.34. The Bertz CT molecular complexity index is 929. The standard InChI is InChI=1S/C23H29N5O/c1-15-4-3-5-17(12-15)20-6-7-21-22(25-20)28(18-9-11-27(21)14-18)23(29)26-19-8-10-24-13-16(19)2/h6-8,10,13,15,17-18H,3-5,9,11-12,14H2,1-2H3,(H,24,26,29)/t15?,17?,18-/m0/s1. The van der Waals surface area contributed by atoms with E-state index in [0.29, 0.717) is 5.92 Å². The second-order valence-corrected chi connectivity index (χ2v) is 8.93. The highest BCUT2D eigenvalue weighted by Gasteiger charge is 2.40. The van der Waals surface area contributed by atoms with Crippen molar-refractivity contribution in [2.75, 3.05) is 28.2 Å². The number of pyridine rings is 2. The summed E-state index contributed by atoms with van der Waals surface area (Å²) >= 11 is 0. The van der Waals surface area contributed by atoms with Gasteiger partial charge in [-0.2, -0.15) is 0 Å². The van der Waals surface area contributed by atoms with Crippen molar-refractivity contribution in [1.29, 1.82) is 0 Å². The van der Waals surface area contributed by atoms with Crippen LogP contribution in [0.3, 0.4) is 0 Å². The molecular weight excluding hydrogens is 362 g/mol. The van der Waals surface area contributed by atoms with Gasteiger partial charge in [0.05, 0.1) is 11.7 Å². The molecule has 0 spiro atoms. The fourth-order valence-electron chi connectivity index (χ4n) is 5.21. The van der Waals surface area contributed by atoms with Gasteiger partial charge in [0.1, 0.15) is 0 Å². The van der Waals surface area contributed by atoms with Crippen LogP contribution in [0.25, 0.3) is 0 Å². The quantitative estimate of drug-likeness (QED) is 0.805. The molecule has 2 fully saturated rings. The second-order valence-electron chi connectivity index (χ2n) is 8.93. The first-order valence-electron chi connectivity index (χ1n) is 10.9. The molecule has 1 N–H and O–H groups in total. The predicted octanol–water partition coefficient (Wildman–Crippen LogP) is 4.71. The summed E-state index contributed by atoms with van der Waals surface area (Å²) in [5.41, 5.74) is 4.01. The van der Waals surface area contributed by atoms with Crippen LogP contribution < -0.4 is 15.1 Å². The predicted molar refractivity (Wildman–Crippen MR) is 116 cm³/mol. The van der Waals surface area contributed by atoms with Gasteiger partial charge in [-0.25, -0.2) is 9.78 Å². The molecule has 29 heavy (non-hydrogen) atoms. The number of anilines is 3. The number of hydrogen-bond acceptors (Lipinski definition) is 4. The molecule has 2 aliphatic heterocycles. The minimum Gasteiger partial charge on any atom is -0.366 e. The fraction of sp³-hybridized carbons (Fsp3) is 0.522. The van der Waals surface area contributed by atoms with Gasteiger partial charge in [-0.15, -0.1) is 0 Å². The highest BCUT2D eigenvalue weighted by Crippen LogP contribution is 2.42. The SMILES string of the molecule is Cc1cnccc1NC(=O)N1c2nc(C3CCCC(C)C3)ccc2N2CC[C@H]1C2. The van der Waals surface area contributed by atoms with Crippen molar-refractivity contribution in [3.8, 4) is 0 Å². The Kier molecular flexibility index (Phi) is 4.64. The molecule has 0 radical (unpaired) electrons. The zero-order chi connectivity index (χ0) is 20.0. The molecule has 6 heteroatoms. The van der Waals surface area contributed by atoms with Crippen molar-refractivity contribution in [3.63, 3.8) is 0 Å². The van der Waals surface area contributed by atoms with Crippen LogP contribution in [-0.4, -0.2) is 35.1 Å². The van der Waals surface area contributed by atoms with Crippen LogP contribution in [0, 0.1) is 12.8 Å². The highest BCUT2D eigenvalue weighted by atomic mass is 16.2. The van der Waals surface area contributed by atoms with E-state index in [1.54, 1.807) is 12.4 Å². The number of urea groups is 1. The summed E-state index contributed by atoms with van der Waals surface area (Å²) in [7, 11) is 0. The molecule has 1 saturated heterocycles. The van der Waals surface area contributed by atoms with Crippen molar-refractivity contribution in [1.82, 2.24) is 9.97 Å². The van der Waals surface area contributed by atoms with Gasteiger partial charge in [-0.1, -0.05) is 19.8 Å². The first-order valence-corrected chi connectivity index (χ1v) is 10.9. The number of carbonyl (C=O) groups excluding carboxylic acids is 1. The number of amides is 2. The number of fused-ring (bicyclic) bond motifs is 4. The lowest BCUT2D eigenvalue weighted by Crippen LogP contribution is -2.48. The molecule has 6 nitrogen and oxygen atoms in total. The second kappa shape index (κ2) is 7.32.